The summed E-state index contributed by atoms with van der Waals surface area (Å²) in [5, 5.41) is 11.0. The quantitative estimate of drug-likeness (QED) is 0.780. The highest BCUT2D eigenvalue weighted by Gasteiger charge is 2.02. The van der Waals surface area contributed by atoms with Crippen molar-refractivity contribution in [1.82, 2.24) is 5.32 Å². The molecule has 1 aromatic carbocycles. The third-order valence-electron chi connectivity index (χ3n) is 2.31. The molecule has 2 N–H and O–H groups in total. The normalized spacial score (nSPS) is 10.4. The molecule has 0 aliphatic heterocycles. The fourth-order valence-corrected chi connectivity index (χ4v) is 1.99. The number of benzene rings is 1. The van der Waals surface area contributed by atoms with Gasteiger partial charge in [0.25, 0.3) is 0 Å². The fourth-order valence-electron chi connectivity index (χ4n) is 1.40. The average molecular weight is 328 g/mol. The zero-order chi connectivity index (χ0) is 14.3. The van der Waals surface area contributed by atoms with Crippen LogP contribution in [0.5, 0.6) is 5.75 Å². The van der Waals surface area contributed by atoms with E-state index >= 15 is 0 Å². The number of carbonyl (C=O) groups excluding carboxylic acids is 1. The Hall–Kier alpha value is -1.82. The van der Waals surface area contributed by atoms with Crippen LogP contribution in [0.4, 0.5) is 0 Å². The van der Waals surface area contributed by atoms with Crippen molar-refractivity contribution < 1.29 is 19.4 Å². The smallest absolute Gasteiger partial charge is 0.328 e. The number of nitrogens with one attached hydrogen (secondary N) is 1. The summed E-state index contributed by atoms with van der Waals surface area (Å²) in [6, 6.07) is 5.66. The molecule has 0 bridgehead atoms. The summed E-state index contributed by atoms with van der Waals surface area (Å²) < 4.78 is 5.97. The van der Waals surface area contributed by atoms with Crippen LogP contribution in [-0.4, -0.2) is 30.6 Å². The number of aliphatic carboxylic acids is 1. The minimum absolute atomic E-state index is 0.421. The summed E-state index contributed by atoms with van der Waals surface area (Å²) in [5.41, 5.74) is 1.04. The molecule has 0 heterocycles. The Kier molecular flexibility index (Phi) is 6.08. The first-order chi connectivity index (χ1) is 9.02. The molecule has 0 aromatic heterocycles. The standard InChI is InChI=1S/C13H14BrNO4/c1-19-11-3-2-9(8-10(11)14)6-7-15-12(16)4-5-13(17)18/h2-5,8H,6-7H2,1H3,(H,15,16)(H,17,18)/b5-4+. The van der Waals surface area contributed by atoms with Crippen LogP contribution >= 0.6 is 15.9 Å². The van der Waals surface area contributed by atoms with Crippen LogP contribution in [0.25, 0.3) is 0 Å². The van der Waals surface area contributed by atoms with Gasteiger partial charge in [-0.25, -0.2) is 4.79 Å². The Morgan fingerprint density at radius 2 is 2.16 bits per heavy atom. The number of amides is 1. The Labute approximate surface area is 119 Å². The number of rotatable bonds is 6. The van der Waals surface area contributed by atoms with Crippen LogP contribution in [-0.2, 0) is 16.0 Å². The van der Waals surface area contributed by atoms with Gasteiger partial charge in [0.2, 0.25) is 5.91 Å². The molecule has 0 aliphatic rings. The van der Waals surface area contributed by atoms with Crippen molar-refractivity contribution in [2.75, 3.05) is 13.7 Å². The van der Waals surface area contributed by atoms with E-state index in [9.17, 15) is 9.59 Å². The molecule has 0 saturated heterocycles. The number of carboxylic acids is 1. The Morgan fingerprint density at radius 3 is 2.74 bits per heavy atom. The summed E-state index contributed by atoms with van der Waals surface area (Å²) >= 11 is 3.38. The highest BCUT2D eigenvalue weighted by molar-refractivity contribution is 9.10. The van der Waals surface area contributed by atoms with Crippen molar-refractivity contribution >= 4 is 27.8 Å². The Bertz CT molecular complexity index is 499. The van der Waals surface area contributed by atoms with E-state index in [1.807, 2.05) is 18.2 Å². The topological polar surface area (TPSA) is 75.6 Å². The minimum Gasteiger partial charge on any atom is -0.496 e. The molecule has 19 heavy (non-hydrogen) atoms. The molecule has 1 aromatic rings. The summed E-state index contributed by atoms with van der Waals surface area (Å²) in [7, 11) is 1.59. The van der Waals surface area contributed by atoms with E-state index in [1.165, 1.54) is 0 Å². The van der Waals surface area contributed by atoms with Gasteiger partial charge >= 0.3 is 5.97 Å². The number of halogens is 1. The van der Waals surface area contributed by atoms with Crippen LogP contribution in [0.15, 0.2) is 34.8 Å². The van der Waals surface area contributed by atoms with Gasteiger partial charge in [0, 0.05) is 18.7 Å². The molecule has 6 heteroatoms. The summed E-state index contributed by atoms with van der Waals surface area (Å²) in [5.74, 6) is -0.818. The predicted molar refractivity (Wildman–Crippen MR) is 74.2 cm³/mol. The lowest BCUT2D eigenvalue weighted by atomic mass is 10.1. The molecule has 0 radical (unpaired) electrons. The van der Waals surface area contributed by atoms with Gasteiger partial charge in [0.15, 0.2) is 0 Å². The summed E-state index contributed by atoms with van der Waals surface area (Å²) in [4.78, 5) is 21.4. The van der Waals surface area contributed by atoms with E-state index in [4.69, 9.17) is 9.84 Å². The highest BCUT2D eigenvalue weighted by atomic mass is 79.9. The molecular weight excluding hydrogens is 314 g/mol. The molecule has 0 unspecified atom stereocenters. The van der Waals surface area contributed by atoms with Crippen LogP contribution in [0.2, 0.25) is 0 Å². The zero-order valence-corrected chi connectivity index (χ0v) is 11.9. The number of methoxy groups -OCH3 is 1. The van der Waals surface area contributed by atoms with Crippen LogP contribution in [0, 0.1) is 0 Å². The molecular formula is C13H14BrNO4. The van der Waals surface area contributed by atoms with Crippen molar-refractivity contribution in [3.63, 3.8) is 0 Å². The largest absolute Gasteiger partial charge is 0.496 e. The van der Waals surface area contributed by atoms with Crippen molar-refractivity contribution in [2.24, 2.45) is 0 Å². The lowest BCUT2D eigenvalue weighted by Crippen LogP contribution is -2.23. The van der Waals surface area contributed by atoms with E-state index in [1.54, 1.807) is 7.11 Å². The SMILES string of the molecule is COc1ccc(CCNC(=O)/C=C/C(=O)O)cc1Br. The zero-order valence-electron chi connectivity index (χ0n) is 10.4. The van der Waals surface area contributed by atoms with Crippen molar-refractivity contribution in [1.29, 1.82) is 0 Å². The highest BCUT2D eigenvalue weighted by Crippen LogP contribution is 2.25. The van der Waals surface area contributed by atoms with Crippen molar-refractivity contribution in [3.8, 4) is 5.75 Å². The predicted octanol–water partition coefficient (Wildman–Crippen LogP) is 1.76. The number of hydrogen-bond donors (Lipinski definition) is 2. The van der Waals surface area contributed by atoms with Crippen molar-refractivity contribution in [2.45, 2.75) is 6.42 Å². The fraction of sp³-hybridized carbons (Fsp3) is 0.231. The first-order valence-electron chi connectivity index (χ1n) is 5.54. The second kappa shape index (κ2) is 7.58. The van der Waals surface area contributed by atoms with E-state index in [2.05, 4.69) is 21.2 Å². The Balaban J connectivity index is 2.43. The van der Waals surface area contributed by atoms with Crippen molar-refractivity contribution in [3.05, 3.63) is 40.4 Å². The lowest BCUT2D eigenvalue weighted by Gasteiger charge is -2.06. The van der Waals surface area contributed by atoms with Gasteiger partial charge in [0.05, 0.1) is 11.6 Å². The maximum atomic E-state index is 11.2. The van der Waals surface area contributed by atoms with Gasteiger partial charge in [-0.05, 0) is 40.0 Å². The van der Waals surface area contributed by atoms with Crippen LogP contribution < -0.4 is 10.1 Å². The maximum Gasteiger partial charge on any atom is 0.328 e. The molecule has 0 aliphatic carbocycles. The summed E-state index contributed by atoms with van der Waals surface area (Å²) in [6.07, 6.45) is 2.45. The van der Waals surface area contributed by atoms with E-state index < -0.39 is 11.9 Å². The molecule has 1 amide bonds. The van der Waals surface area contributed by atoms with Gasteiger partial charge in [-0.3, -0.25) is 4.79 Å². The molecule has 1 rings (SSSR count). The third-order valence-corrected chi connectivity index (χ3v) is 2.93. The molecule has 0 fully saturated rings. The number of carbonyl (C=O) groups is 2. The van der Waals surface area contributed by atoms with E-state index in [0.717, 1.165) is 27.9 Å². The maximum absolute atomic E-state index is 11.2. The second-order valence-corrected chi connectivity index (χ2v) is 4.54. The van der Waals surface area contributed by atoms with E-state index in [0.29, 0.717) is 13.0 Å². The monoisotopic (exact) mass is 327 g/mol. The van der Waals surface area contributed by atoms with Gasteiger partial charge in [0.1, 0.15) is 5.75 Å². The number of hydrogen-bond acceptors (Lipinski definition) is 3. The number of carboxylic acid groups (broad SMARTS) is 1. The molecule has 5 nitrogen and oxygen atoms in total. The Morgan fingerprint density at radius 1 is 1.42 bits per heavy atom. The minimum atomic E-state index is -1.14. The summed E-state index contributed by atoms with van der Waals surface area (Å²) in [6.45, 7) is 0.432. The van der Waals surface area contributed by atoms with Crippen LogP contribution in [0.3, 0.4) is 0 Å². The first kappa shape index (κ1) is 15.2. The number of ether oxygens (including phenoxy) is 1. The molecule has 102 valence electrons. The van der Waals surface area contributed by atoms with Gasteiger partial charge in [-0.15, -0.1) is 0 Å². The molecule has 0 spiro atoms. The second-order valence-electron chi connectivity index (χ2n) is 3.68. The molecule has 0 atom stereocenters. The van der Waals surface area contributed by atoms with Gasteiger partial charge in [-0.2, -0.15) is 0 Å². The first-order valence-corrected chi connectivity index (χ1v) is 6.33. The van der Waals surface area contributed by atoms with Gasteiger partial charge < -0.3 is 15.2 Å². The van der Waals surface area contributed by atoms with E-state index in [-0.39, 0.29) is 0 Å². The molecule has 0 saturated carbocycles. The average Bonchev–Trinajstić information content (AvgIpc) is 2.36. The third kappa shape index (κ3) is 5.56. The van der Waals surface area contributed by atoms with Gasteiger partial charge in [-0.1, -0.05) is 6.07 Å². The lowest BCUT2D eigenvalue weighted by molar-refractivity contribution is -0.131. The van der Waals surface area contributed by atoms with Crippen LogP contribution in [0.1, 0.15) is 5.56 Å².